The Kier molecular flexibility index (Phi) is 8.01. The Morgan fingerprint density at radius 3 is 2.20 bits per heavy atom. The fourth-order valence-corrected chi connectivity index (χ4v) is 8.03. The van der Waals surface area contributed by atoms with Gasteiger partial charge < -0.3 is 9.47 Å². The molecule has 0 N–H and O–H groups in total. The van der Waals surface area contributed by atoms with E-state index in [4.69, 9.17) is 14.6 Å². The number of pyridine rings is 1. The molecule has 8 heteroatoms. The summed E-state index contributed by atoms with van der Waals surface area (Å²) in [4.78, 5) is 7.29. The smallest absolute Gasteiger partial charge is 0.141 e. The summed E-state index contributed by atoms with van der Waals surface area (Å²) in [5.74, 6) is 3.00. The van der Waals surface area contributed by atoms with Crippen molar-refractivity contribution in [2.75, 3.05) is 19.6 Å². The van der Waals surface area contributed by atoms with Crippen LogP contribution in [0.5, 0.6) is 17.2 Å². The molecule has 0 atom stereocenters. The molecule has 6 nitrogen and oxygen atoms in total. The van der Waals surface area contributed by atoms with E-state index in [2.05, 4.69) is 85.4 Å². The highest BCUT2D eigenvalue weighted by molar-refractivity contribution is 7.99. The number of nitrogens with zero attached hydrogens (tertiary/aromatic N) is 4. The summed E-state index contributed by atoms with van der Waals surface area (Å²) in [7, 11) is 1.67. The van der Waals surface area contributed by atoms with Gasteiger partial charge in [0.15, 0.2) is 0 Å². The molecule has 0 saturated carbocycles. The van der Waals surface area contributed by atoms with Gasteiger partial charge in [-0.3, -0.25) is 4.57 Å². The van der Waals surface area contributed by atoms with Gasteiger partial charge in [0, 0.05) is 62.3 Å². The summed E-state index contributed by atoms with van der Waals surface area (Å²) >= 11 is 3.60. The Hall–Kier alpha value is -4.66. The van der Waals surface area contributed by atoms with Crippen molar-refractivity contribution in [3.63, 3.8) is 0 Å². The van der Waals surface area contributed by atoms with Crippen LogP contribution in [0.4, 0.5) is 0 Å². The molecule has 0 aliphatic rings. The third-order valence-corrected chi connectivity index (χ3v) is 10.5. The van der Waals surface area contributed by atoms with Crippen molar-refractivity contribution in [3.8, 4) is 39.9 Å². The molecule has 7 rings (SSSR count). The van der Waals surface area contributed by atoms with E-state index in [0.29, 0.717) is 0 Å². The maximum Gasteiger partial charge on any atom is 0.141 e. The molecule has 3 heterocycles. The molecular formula is C38H34N4O2S2. The minimum atomic E-state index is 0.729. The number of rotatable bonds is 8. The van der Waals surface area contributed by atoms with Crippen molar-refractivity contribution >= 4 is 45.3 Å². The number of methoxy groups -OCH3 is 1. The van der Waals surface area contributed by atoms with E-state index in [-0.39, 0.29) is 0 Å². The van der Waals surface area contributed by atoms with Crippen LogP contribution in [0.25, 0.3) is 44.4 Å². The molecule has 0 spiro atoms. The second-order valence-electron chi connectivity index (χ2n) is 11.2. The zero-order valence-corrected chi connectivity index (χ0v) is 28.3. The summed E-state index contributed by atoms with van der Waals surface area (Å²) in [6.45, 7) is 6.66. The van der Waals surface area contributed by atoms with Crippen LogP contribution in [0.1, 0.15) is 16.7 Å². The normalized spacial score (nSPS) is 11.4. The second-order valence-corrected chi connectivity index (χ2v) is 12.8. The van der Waals surface area contributed by atoms with Crippen molar-refractivity contribution in [3.05, 3.63) is 114 Å². The van der Waals surface area contributed by atoms with Gasteiger partial charge in [-0.25, -0.2) is 9.67 Å². The van der Waals surface area contributed by atoms with Gasteiger partial charge in [0.05, 0.1) is 30.0 Å². The zero-order valence-electron chi connectivity index (χ0n) is 26.7. The maximum atomic E-state index is 6.48. The summed E-state index contributed by atoms with van der Waals surface area (Å²) in [5, 5.41) is 7.07. The summed E-state index contributed by atoms with van der Waals surface area (Å²) in [5.41, 5.74) is 9.39. The Bertz CT molecular complexity index is 2220. The molecular weight excluding hydrogens is 609 g/mol. The summed E-state index contributed by atoms with van der Waals surface area (Å²) in [6.07, 6.45) is 10.2. The average molecular weight is 643 g/mol. The molecule has 0 aliphatic heterocycles. The number of hydrogen-bond donors (Lipinski definition) is 0. The van der Waals surface area contributed by atoms with Crippen LogP contribution in [0.2, 0.25) is 0 Å². The minimum absolute atomic E-state index is 0.729. The van der Waals surface area contributed by atoms with E-state index in [1.807, 2.05) is 53.3 Å². The lowest BCUT2D eigenvalue weighted by atomic mass is 9.97. The van der Waals surface area contributed by atoms with Crippen LogP contribution < -0.4 is 9.47 Å². The van der Waals surface area contributed by atoms with E-state index in [0.717, 1.165) is 56.1 Å². The maximum absolute atomic E-state index is 6.48. The fraction of sp³-hybridized carbons (Fsp3) is 0.158. The molecule has 46 heavy (non-hydrogen) atoms. The summed E-state index contributed by atoms with van der Waals surface area (Å²) in [6, 6.07) is 26.4. The Labute approximate surface area is 277 Å². The van der Waals surface area contributed by atoms with Crippen LogP contribution in [-0.4, -0.2) is 39.0 Å². The van der Waals surface area contributed by atoms with E-state index < -0.39 is 0 Å². The number of ether oxygens (including phenoxy) is 2. The molecule has 0 aliphatic carbocycles. The quantitative estimate of drug-likeness (QED) is 0.154. The number of thioether (sulfide) groups is 2. The lowest BCUT2D eigenvalue weighted by Gasteiger charge is -2.19. The Balaban J connectivity index is 1.26. The molecule has 3 aromatic heterocycles. The van der Waals surface area contributed by atoms with Crippen LogP contribution in [0.15, 0.2) is 107 Å². The first kappa shape index (κ1) is 30.0. The van der Waals surface area contributed by atoms with Gasteiger partial charge >= 0.3 is 0 Å². The summed E-state index contributed by atoms with van der Waals surface area (Å²) < 4.78 is 16.1. The zero-order chi connectivity index (χ0) is 31.9. The van der Waals surface area contributed by atoms with Crippen LogP contribution >= 0.6 is 23.5 Å². The van der Waals surface area contributed by atoms with Crippen LogP contribution in [-0.2, 0) is 0 Å². The second kappa shape index (κ2) is 12.3. The van der Waals surface area contributed by atoms with E-state index in [1.165, 1.54) is 32.0 Å². The highest BCUT2D eigenvalue weighted by Gasteiger charge is 2.20. The predicted molar refractivity (Wildman–Crippen MR) is 192 cm³/mol. The van der Waals surface area contributed by atoms with Crippen LogP contribution in [0.3, 0.4) is 0 Å². The van der Waals surface area contributed by atoms with Crippen molar-refractivity contribution < 1.29 is 9.47 Å². The van der Waals surface area contributed by atoms with Gasteiger partial charge in [0.25, 0.3) is 0 Å². The number of fused-ring (bicyclic) bond motifs is 3. The first-order chi connectivity index (χ1) is 22.4. The molecule has 0 saturated heterocycles. The molecule has 0 fully saturated rings. The molecule has 4 aromatic carbocycles. The van der Waals surface area contributed by atoms with Crippen molar-refractivity contribution in [2.24, 2.45) is 0 Å². The van der Waals surface area contributed by atoms with E-state index >= 15 is 0 Å². The van der Waals surface area contributed by atoms with Gasteiger partial charge in [-0.05, 0) is 86.4 Å². The molecule has 0 unspecified atom stereocenters. The molecule has 0 amide bonds. The highest BCUT2D eigenvalue weighted by atomic mass is 32.2. The molecule has 0 radical (unpaired) electrons. The van der Waals surface area contributed by atoms with Gasteiger partial charge in [-0.1, -0.05) is 24.3 Å². The largest absolute Gasteiger partial charge is 0.497 e. The Morgan fingerprint density at radius 1 is 0.696 bits per heavy atom. The standard InChI is InChI=1S/C38H34N4O2S2/c1-23-24(2)37(45-5)36(38(46-6)25(23)3)26-21-40-41(22-26)27-10-9-11-29(18-27)44-30-14-15-32-31-12-7-8-13-33(31)42(34(32)19-30)35-20-28(43-4)16-17-39-35/h7-22H,1-6H3. The van der Waals surface area contributed by atoms with E-state index in [1.54, 1.807) is 36.8 Å². The number of para-hydroxylation sites is 1. The lowest BCUT2D eigenvalue weighted by molar-refractivity contribution is 0.414. The SMILES string of the molecule is COc1ccnc(-n2c3ccccc3c3ccc(Oc4cccc(-n5cc(-c6c(SC)c(C)c(C)c(C)c6SC)cn5)c4)cc32)c1. The number of benzene rings is 4. The molecule has 0 bridgehead atoms. The van der Waals surface area contributed by atoms with Crippen molar-refractivity contribution in [1.82, 2.24) is 19.3 Å². The van der Waals surface area contributed by atoms with Crippen molar-refractivity contribution in [2.45, 2.75) is 30.6 Å². The average Bonchev–Trinajstić information content (AvgIpc) is 3.70. The van der Waals surface area contributed by atoms with Crippen LogP contribution in [0, 0.1) is 20.8 Å². The first-order valence-corrected chi connectivity index (χ1v) is 17.5. The van der Waals surface area contributed by atoms with E-state index in [9.17, 15) is 0 Å². The van der Waals surface area contributed by atoms with Crippen molar-refractivity contribution in [1.29, 1.82) is 0 Å². The highest BCUT2D eigenvalue weighted by Crippen LogP contribution is 2.44. The fourth-order valence-electron chi connectivity index (χ4n) is 6.20. The van der Waals surface area contributed by atoms with Gasteiger partial charge in [-0.15, -0.1) is 23.5 Å². The van der Waals surface area contributed by atoms with Gasteiger partial charge in [0.1, 0.15) is 23.1 Å². The third kappa shape index (κ3) is 5.11. The Morgan fingerprint density at radius 2 is 1.43 bits per heavy atom. The topological polar surface area (TPSA) is 54.1 Å². The number of hydrogen-bond acceptors (Lipinski definition) is 6. The number of aromatic nitrogens is 4. The lowest BCUT2D eigenvalue weighted by Crippen LogP contribution is -1.98. The predicted octanol–water partition coefficient (Wildman–Crippen LogP) is 10.2. The first-order valence-electron chi connectivity index (χ1n) is 15.0. The molecule has 7 aromatic rings. The monoisotopic (exact) mass is 642 g/mol. The third-order valence-electron chi connectivity index (χ3n) is 8.68. The molecule has 230 valence electrons. The van der Waals surface area contributed by atoms with Gasteiger partial charge in [-0.2, -0.15) is 5.10 Å². The minimum Gasteiger partial charge on any atom is -0.497 e. The van der Waals surface area contributed by atoms with Gasteiger partial charge in [0.2, 0.25) is 0 Å².